The SMILES string of the molecule is CCOC(=O)C(C)OCc1ccc(OC)cc1. The van der Waals surface area contributed by atoms with Crippen LogP contribution in [0.3, 0.4) is 0 Å². The lowest BCUT2D eigenvalue weighted by Crippen LogP contribution is -2.23. The number of carbonyl (C=O) groups is 1. The minimum absolute atomic E-state index is 0.332. The highest BCUT2D eigenvalue weighted by atomic mass is 16.6. The maximum absolute atomic E-state index is 11.3. The summed E-state index contributed by atoms with van der Waals surface area (Å²) in [6.45, 7) is 4.20. The van der Waals surface area contributed by atoms with Gasteiger partial charge in [0.05, 0.1) is 20.3 Å². The topological polar surface area (TPSA) is 44.8 Å². The van der Waals surface area contributed by atoms with E-state index in [9.17, 15) is 4.79 Å². The summed E-state index contributed by atoms with van der Waals surface area (Å²) >= 11 is 0. The van der Waals surface area contributed by atoms with Crippen molar-refractivity contribution in [2.75, 3.05) is 13.7 Å². The Morgan fingerprint density at radius 3 is 2.47 bits per heavy atom. The number of methoxy groups -OCH3 is 1. The van der Waals surface area contributed by atoms with Crippen LogP contribution in [-0.2, 0) is 20.9 Å². The summed E-state index contributed by atoms with van der Waals surface area (Å²) in [6.07, 6.45) is -0.544. The summed E-state index contributed by atoms with van der Waals surface area (Å²) in [5, 5.41) is 0. The number of carbonyl (C=O) groups excluding carboxylic acids is 1. The van der Waals surface area contributed by atoms with Crippen molar-refractivity contribution in [3.63, 3.8) is 0 Å². The number of hydrogen-bond donors (Lipinski definition) is 0. The van der Waals surface area contributed by atoms with Gasteiger partial charge in [-0.1, -0.05) is 12.1 Å². The van der Waals surface area contributed by atoms with Crippen molar-refractivity contribution >= 4 is 5.97 Å². The zero-order valence-corrected chi connectivity index (χ0v) is 10.4. The number of esters is 1. The first-order valence-electron chi connectivity index (χ1n) is 5.58. The third-order valence-electron chi connectivity index (χ3n) is 2.28. The molecule has 1 rings (SSSR count). The van der Waals surface area contributed by atoms with Crippen LogP contribution in [0.5, 0.6) is 5.75 Å². The zero-order valence-electron chi connectivity index (χ0n) is 10.4. The second kappa shape index (κ2) is 6.91. The van der Waals surface area contributed by atoms with Crippen molar-refractivity contribution < 1.29 is 19.0 Å². The largest absolute Gasteiger partial charge is 0.497 e. The summed E-state index contributed by atoms with van der Waals surface area (Å²) in [5.74, 6) is 0.466. The number of hydrogen-bond acceptors (Lipinski definition) is 4. The molecule has 0 amide bonds. The van der Waals surface area contributed by atoms with Crippen molar-refractivity contribution in [1.29, 1.82) is 0 Å². The number of benzene rings is 1. The van der Waals surface area contributed by atoms with Crippen molar-refractivity contribution in [3.8, 4) is 5.75 Å². The van der Waals surface area contributed by atoms with Crippen LogP contribution in [0.15, 0.2) is 24.3 Å². The number of rotatable bonds is 6. The molecule has 1 aromatic rings. The van der Waals surface area contributed by atoms with Gasteiger partial charge in [0.1, 0.15) is 5.75 Å². The van der Waals surface area contributed by atoms with Gasteiger partial charge in [-0.15, -0.1) is 0 Å². The predicted molar refractivity (Wildman–Crippen MR) is 63.9 cm³/mol. The van der Waals surface area contributed by atoms with E-state index in [4.69, 9.17) is 14.2 Å². The third-order valence-corrected chi connectivity index (χ3v) is 2.28. The van der Waals surface area contributed by atoms with Crippen LogP contribution in [-0.4, -0.2) is 25.8 Å². The molecule has 0 aliphatic carbocycles. The lowest BCUT2D eigenvalue weighted by molar-refractivity contribution is -0.156. The highest BCUT2D eigenvalue weighted by molar-refractivity contribution is 5.74. The number of ether oxygens (including phenoxy) is 3. The molecular formula is C13H18O4. The van der Waals surface area contributed by atoms with Crippen LogP contribution in [0.25, 0.3) is 0 Å². The molecule has 17 heavy (non-hydrogen) atoms. The standard InChI is InChI=1S/C13H18O4/c1-4-16-13(14)10(2)17-9-11-5-7-12(15-3)8-6-11/h5-8,10H,4,9H2,1-3H3. The zero-order chi connectivity index (χ0) is 12.7. The Labute approximate surface area is 101 Å². The highest BCUT2D eigenvalue weighted by Gasteiger charge is 2.13. The summed E-state index contributed by atoms with van der Waals surface area (Å²) in [6, 6.07) is 7.51. The molecule has 0 saturated heterocycles. The van der Waals surface area contributed by atoms with Crippen LogP contribution in [0.2, 0.25) is 0 Å². The van der Waals surface area contributed by atoms with Gasteiger partial charge in [0.25, 0.3) is 0 Å². The molecular weight excluding hydrogens is 220 g/mol. The molecule has 0 N–H and O–H groups in total. The molecule has 0 aromatic heterocycles. The normalized spacial score (nSPS) is 11.9. The maximum Gasteiger partial charge on any atom is 0.334 e. The van der Waals surface area contributed by atoms with E-state index >= 15 is 0 Å². The molecule has 0 aliphatic heterocycles. The monoisotopic (exact) mass is 238 g/mol. The molecule has 1 atom stereocenters. The molecule has 1 aromatic carbocycles. The van der Waals surface area contributed by atoms with Crippen LogP contribution >= 0.6 is 0 Å². The summed E-state index contributed by atoms with van der Waals surface area (Å²) in [5.41, 5.74) is 0.988. The van der Waals surface area contributed by atoms with Crippen molar-refractivity contribution in [3.05, 3.63) is 29.8 Å². The fraction of sp³-hybridized carbons (Fsp3) is 0.462. The van der Waals surface area contributed by atoms with Gasteiger partial charge in [-0.3, -0.25) is 0 Å². The minimum Gasteiger partial charge on any atom is -0.497 e. The average Bonchev–Trinajstić information content (AvgIpc) is 2.36. The Hall–Kier alpha value is -1.55. The molecule has 0 fully saturated rings. The minimum atomic E-state index is -0.544. The Morgan fingerprint density at radius 1 is 1.29 bits per heavy atom. The van der Waals surface area contributed by atoms with Gasteiger partial charge in [-0.2, -0.15) is 0 Å². The van der Waals surface area contributed by atoms with Crippen LogP contribution in [0.4, 0.5) is 0 Å². The van der Waals surface area contributed by atoms with E-state index in [0.29, 0.717) is 13.2 Å². The van der Waals surface area contributed by atoms with Crippen LogP contribution in [0.1, 0.15) is 19.4 Å². The second-order valence-electron chi connectivity index (χ2n) is 3.55. The maximum atomic E-state index is 11.3. The smallest absolute Gasteiger partial charge is 0.334 e. The van der Waals surface area contributed by atoms with E-state index in [1.165, 1.54) is 0 Å². The van der Waals surface area contributed by atoms with E-state index in [0.717, 1.165) is 11.3 Å². The average molecular weight is 238 g/mol. The predicted octanol–water partition coefficient (Wildman–Crippen LogP) is 2.16. The van der Waals surface area contributed by atoms with Gasteiger partial charge in [0.2, 0.25) is 0 Å². The van der Waals surface area contributed by atoms with Gasteiger partial charge < -0.3 is 14.2 Å². The molecule has 0 spiro atoms. The van der Waals surface area contributed by atoms with Gasteiger partial charge in [0, 0.05) is 0 Å². The molecule has 0 heterocycles. The van der Waals surface area contributed by atoms with E-state index in [1.54, 1.807) is 21.0 Å². The first-order valence-corrected chi connectivity index (χ1v) is 5.58. The molecule has 4 nitrogen and oxygen atoms in total. The van der Waals surface area contributed by atoms with E-state index in [-0.39, 0.29) is 5.97 Å². The van der Waals surface area contributed by atoms with Crippen molar-refractivity contribution in [2.24, 2.45) is 0 Å². The molecule has 0 radical (unpaired) electrons. The molecule has 0 aliphatic rings. The summed E-state index contributed by atoms with van der Waals surface area (Å²) < 4.78 is 15.3. The first kappa shape index (κ1) is 13.5. The van der Waals surface area contributed by atoms with Gasteiger partial charge in [-0.25, -0.2) is 4.79 Å². The quantitative estimate of drug-likeness (QED) is 0.712. The third kappa shape index (κ3) is 4.44. The van der Waals surface area contributed by atoms with E-state index in [1.807, 2.05) is 24.3 Å². The van der Waals surface area contributed by atoms with Crippen LogP contribution in [0, 0.1) is 0 Å². The van der Waals surface area contributed by atoms with Gasteiger partial charge in [0.15, 0.2) is 6.10 Å². The summed E-state index contributed by atoms with van der Waals surface area (Å²) in [4.78, 5) is 11.3. The second-order valence-corrected chi connectivity index (χ2v) is 3.55. The first-order chi connectivity index (χ1) is 8.17. The molecule has 4 heteroatoms. The lowest BCUT2D eigenvalue weighted by Gasteiger charge is -2.11. The van der Waals surface area contributed by atoms with Gasteiger partial charge >= 0.3 is 5.97 Å². The Morgan fingerprint density at radius 2 is 1.94 bits per heavy atom. The van der Waals surface area contributed by atoms with Crippen molar-refractivity contribution in [2.45, 2.75) is 26.6 Å². The lowest BCUT2D eigenvalue weighted by atomic mass is 10.2. The highest BCUT2D eigenvalue weighted by Crippen LogP contribution is 2.12. The van der Waals surface area contributed by atoms with Crippen LogP contribution < -0.4 is 4.74 Å². The molecule has 1 unspecified atom stereocenters. The Bertz CT molecular complexity index is 345. The Balaban J connectivity index is 2.41. The van der Waals surface area contributed by atoms with E-state index in [2.05, 4.69) is 0 Å². The molecule has 0 saturated carbocycles. The fourth-order valence-electron chi connectivity index (χ4n) is 1.27. The van der Waals surface area contributed by atoms with E-state index < -0.39 is 6.10 Å². The van der Waals surface area contributed by atoms with Crippen molar-refractivity contribution in [1.82, 2.24) is 0 Å². The molecule has 94 valence electrons. The summed E-state index contributed by atoms with van der Waals surface area (Å²) in [7, 11) is 1.62. The molecule has 0 bridgehead atoms. The van der Waals surface area contributed by atoms with Gasteiger partial charge in [-0.05, 0) is 31.5 Å². The fourth-order valence-corrected chi connectivity index (χ4v) is 1.27. The Kier molecular flexibility index (Phi) is 5.49.